The van der Waals surface area contributed by atoms with Gasteiger partial charge in [-0.2, -0.15) is 5.10 Å². The highest BCUT2D eigenvalue weighted by atomic mass is 16.5. The van der Waals surface area contributed by atoms with Crippen molar-refractivity contribution in [3.05, 3.63) is 29.8 Å². The van der Waals surface area contributed by atoms with Crippen molar-refractivity contribution in [3.63, 3.8) is 0 Å². The Hall–Kier alpha value is -2.17. The van der Waals surface area contributed by atoms with Crippen LogP contribution < -0.4 is 10.2 Å². The summed E-state index contributed by atoms with van der Waals surface area (Å²) in [6.07, 6.45) is 8.43. The van der Waals surface area contributed by atoms with Crippen molar-refractivity contribution in [2.45, 2.75) is 59.3 Å². The second kappa shape index (κ2) is 6.18. The molecule has 2 atom stereocenters. The topological polar surface area (TPSA) is 67.8 Å². The van der Waals surface area contributed by atoms with Crippen LogP contribution >= 0.6 is 0 Å². The van der Waals surface area contributed by atoms with E-state index in [0.29, 0.717) is 22.5 Å². The minimum Gasteiger partial charge on any atom is -0.427 e. The third-order valence-electron chi connectivity index (χ3n) is 6.63. The van der Waals surface area contributed by atoms with E-state index < -0.39 is 0 Å². The summed E-state index contributed by atoms with van der Waals surface area (Å²) >= 11 is 0. The van der Waals surface area contributed by atoms with E-state index in [1.54, 1.807) is 30.5 Å². The molecular formula is C22H28N2O3. The number of carbonyl (C=O) groups is 2. The van der Waals surface area contributed by atoms with Crippen LogP contribution in [0.2, 0.25) is 0 Å². The molecule has 0 radical (unpaired) electrons. The monoisotopic (exact) mass is 368 g/mol. The number of hydrazone groups is 1. The van der Waals surface area contributed by atoms with Gasteiger partial charge in [-0.3, -0.25) is 9.59 Å². The normalized spacial score (nSPS) is 36.8. The Morgan fingerprint density at radius 2 is 1.70 bits per heavy atom. The minimum atomic E-state index is -0.346. The molecule has 4 fully saturated rings. The van der Waals surface area contributed by atoms with Gasteiger partial charge in [-0.1, -0.05) is 13.8 Å². The summed E-state index contributed by atoms with van der Waals surface area (Å²) in [5.74, 6) is 0.914. The highest BCUT2D eigenvalue weighted by molar-refractivity contribution is 5.86. The van der Waals surface area contributed by atoms with Crippen LogP contribution in [0.25, 0.3) is 0 Å². The van der Waals surface area contributed by atoms with Crippen LogP contribution in [0.5, 0.6) is 5.75 Å². The fourth-order valence-electron chi connectivity index (χ4n) is 6.77. The summed E-state index contributed by atoms with van der Waals surface area (Å²) in [5, 5.41) is 4.20. The number of hydrogen-bond acceptors (Lipinski definition) is 4. The lowest BCUT2D eigenvalue weighted by Crippen LogP contribution is -2.59. The first-order valence-electron chi connectivity index (χ1n) is 9.82. The zero-order chi connectivity index (χ0) is 19.3. The standard InChI is InChI=1S/C22H28N2O3/c1-15(25)27-18-6-4-16(5-7-18)11-23-24-19(26)22-10-17-8-20(2,13-22)12-21(3,9-17)14-22/h4-7,11,17H,8-10,12-14H2,1-3H3,(H,24,26)/b23-11+. The predicted molar refractivity (Wildman–Crippen MR) is 103 cm³/mol. The Labute approximate surface area is 160 Å². The lowest BCUT2D eigenvalue weighted by Gasteiger charge is -2.64. The summed E-state index contributed by atoms with van der Waals surface area (Å²) in [4.78, 5) is 24.0. The van der Waals surface area contributed by atoms with Gasteiger partial charge in [0.05, 0.1) is 11.6 Å². The van der Waals surface area contributed by atoms with Crippen LogP contribution in [0.3, 0.4) is 0 Å². The summed E-state index contributed by atoms with van der Waals surface area (Å²) in [6.45, 7) is 6.10. The van der Waals surface area contributed by atoms with E-state index in [1.165, 1.54) is 26.2 Å². The van der Waals surface area contributed by atoms with Gasteiger partial charge in [-0.05, 0) is 85.1 Å². The van der Waals surface area contributed by atoms with Crippen molar-refractivity contribution in [2.75, 3.05) is 0 Å². The van der Waals surface area contributed by atoms with E-state index in [9.17, 15) is 9.59 Å². The van der Waals surface area contributed by atoms with Crippen molar-refractivity contribution in [1.29, 1.82) is 0 Å². The molecule has 5 rings (SSSR count). The molecule has 0 spiro atoms. The van der Waals surface area contributed by atoms with Crippen molar-refractivity contribution >= 4 is 18.1 Å². The minimum absolute atomic E-state index is 0.0804. The van der Waals surface area contributed by atoms with E-state index in [0.717, 1.165) is 24.8 Å². The molecule has 0 saturated heterocycles. The first-order chi connectivity index (χ1) is 12.7. The summed E-state index contributed by atoms with van der Waals surface area (Å²) in [5.41, 5.74) is 4.02. The van der Waals surface area contributed by atoms with Crippen molar-refractivity contribution in [1.82, 2.24) is 5.43 Å². The maximum Gasteiger partial charge on any atom is 0.308 e. The highest BCUT2D eigenvalue weighted by Crippen LogP contribution is 2.69. The molecule has 5 heteroatoms. The smallest absolute Gasteiger partial charge is 0.308 e. The fraction of sp³-hybridized carbons (Fsp3) is 0.591. The second-order valence-electron chi connectivity index (χ2n) is 9.77. The zero-order valence-electron chi connectivity index (χ0n) is 16.4. The third kappa shape index (κ3) is 3.52. The van der Waals surface area contributed by atoms with Crippen molar-refractivity contribution in [3.8, 4) is 5.75 Å². The quantitative estimate of drug-likeness (QED) is 0.377. The van der Waals surface area contributed by atoms with E-state index in [2.05, 4.69) is 24.4 Å². The van der Waals surface area contributed by atoms with E-state index in [1.807, 2.05) is 0 Å². The van der Waals surface area contributed by atoms with Crippen LogP contribution in [-0.4, -0.2) is 18.1 Å². The number of nitrogens with zero attached hydrogens (tertiary/aromatic N) is 1. The SMILES string of the molecule is CC(=O)Oc1ccc(/C=N/NC(=O)C23CC4CC(C)(CC(C)(C4)C2)C3)cc1. The van der Waals surface area contributed by atoms with Crippen LogP contribution in [0.1, 0.15) is 64.9 Å². The molecule has 4 aliphatic carbocycles. The van der Waals surface area contributed by atoms with Crippen LogP contribution in [0, 0.1) is 22.2 Å². The van der Waals surface area contributed by atoms with Crippen LogP contribution in [0.4, 0.5) is 0 Å². The third-order valence-corrected chi connectivity index (χ3v) is 6.63. The molecule has 27 heavy (non-hydrogen) atoms. The average molecular weight is 368 g/mol. The number of hydrogen-bond donors (Lipinski definition) is 1. The number of benzene rings is 1. The lowest BCUT2D eigenvalue weighted by atomic mass is 9.40. The summed E-state index contributed by atoms with van der Waals surface area (Å²) < 4.78 is 5.02. The van der Waals surface area contributed by atoms with Crippen molar-refractivity contribution < 1.29 is 14.3 Å². The average Bonchev–Trinajstić information content (AvgIpc) is 2.52. The van der Waals surface area contributed by atoms with Gasteiger partial charge in [0.25, 0.3) is 0 Å². The van der Waals surface area contributed by atoms with Gasteiger partial charge in [0, 0.05) is 6.92 Å². The van der Waals surface area contributed by atoms with Gasteiger partial charge >= 0.3 is 5.97 Å². The largest absolute Gasteiger partial charge is 0.427 e. The maximum atomic E-state index is 13.1. The molecule has 0 aromatic heterocycles. The van der Waals surface area contributed by atoms with Gasteiger partial charge in [0.2, 0.25) is 5.91 Å². The molecular weight excluding hydrogens is 340 g/mol. The number of carbonyl (C=O) groups excluding carboxylic acids is 2. The Bertz CT molecular complexity index is 780. The van der Waals surface area contributed by atoms with Gasteiger partial charge in [-0.25, -0.2) is 5.43 Å². The Morgan fingerprint density at radius 1 is 1.07 bits per heavy atom. The Kier molecular flexibility index (Phi) is 4.17. The number of ether oxygens (including phenoxy) is 1. The molecule has 2 unspecified atom stereocenters. The molecule has 1 amide bonds. The molecule has 4 saturated carbocycles. The second-order valence-corrected chi connectivity index (χ2v) is 9.77. The maximum absolute atomic E-state index is 13.1. The fourth-order valence-corrected chi connectivity index (χ4v) is 6.77. The number of rotatable bonds is 4. The molecule has 4 aliphatic rings. The van der Waals surface area contributed by atoms with Gasteiger partial charge < -0.3 is 4.74 Å². The molecule has 4 bridgehead atoms. The highest BCUT2D eigenvalue weighted by Gasteiger charge is 2.62. The van der Waals surface area contributed by atoms with Crippen LogP contribution in [-0.2, 0) is 9.59 Å². The molecule has 144 valence electrons. The molecule has 5 nitrogen and oxygen atoms in total. The summed E-state index contributed by atoms with van der Waals surface area (Å²) in [7, 11) is 0. The zero-order valence-corrected chi connectivity index (χ0v) is 16.4. The molecule has 1 N–H and O–H groups in total. The van der Waals surface area contributed by atoms with Crippen LogP contribution in [0.15, 0.2) is 29.4 Å². The Morgan fingerprint density at radius 3 is 2.26 bits per heavy atom. The first kappa shape index (κ1) is 18.2. The van der Waals surface area contributed by atoms with E-state index in [4.69, 9.17) is 4.74 Å². The van der Waals surface area contributed by atoms with Crippen molar-refractivity contribution in [2.24, 2.45) is 27.3 Å². The lowest BCUT2D eigenvalue weighted by molar-refractivity contribution is -0.170. The van der Waals surface area contributed by atoms with Gasteiger partial charge in [-0.15, -0.1) is 0 Å². The van der Waals surface area contributed by atoms with Gasteiger partial charge in [0.1, 0.15) is 5.75 Å². The Balaban J connectivity index is 1.42. The van der Waals surface area contributed by atoms with E-state index >= 15 is 0 Å². The van der Waals surface area contributed by atoms with E-state index in [-0.39, 0.29) is 17.3 Å². The molecule has 0 aliphatic heterocycles. The molecule has 1 aromatic carbocycles. The predicted octanol–water partition coefficient (Wildman–Crippen LogP) is 4.06. The number of esters is 1. The van der Waals surface area contributed by atoms with Gasteiger partial charge in [0.15, 0.2) is 0 Å². The number of nitrogens with one attached hydrogen (secondary N) is 1. The summed E-state index contributed by atoms with van der Waals surface area (Å²) in [6, 6.07) is 7.04. The number of amides is 1. The first-order valence-corrected chi connectivity index (χ1v) is 9.82. The molecule has 1 aromatic rings. The molecule has 0 heterocycles.